The number of amides is 1. The highest BCUT2D eigenvalue weighted by Crippen LogP contribution is 2.27. The molecule has 8 nitrogen and oxygen atoms in total. The van der Waals surface area contributed by atoms with Crippen LogP contribution < -0.4 is 10.1 Å². The highest BCUT2D eigenvalue weighted by molar-refractivity contribution is 5.87. The van der Waals surface area contributed by atoms with Crippen LogP contribution in [0.4, 0.5) is 10.5 Å². The van der Waals surface area contributed by atoms with Crippen LogP contribution in [0.2, 0.25) is 0 Å². The molecule has 1 aliphatic rings. The average Bonchev–Trinajstić information content (AvgIpc) is 2.59. The van der Waals surface area contributed by atoms with Crippen LogP contribution in [0.15, 0.2) is 18.2 Å². The van der Waals surface area contributed by atoms with Gasteiger partial charge in [0.25, 0.3) is 0 Å². The molecule has 0 radical (unpaired) electrons. The van der Waals surface area contributed by atoms with E-state index in [1.807, 2.05) is 0 Å². The van der Waals surface area contributed by atoms with Gasteiger partial charge >= 0.3 is 12.1 Å². The Morgan fingerprint density at radius 1 is 1.25 bits per heavy atom. The van der Waals surface area contributed by atoms with E-state index in [0.717, 1.165) is 19.3 Å². The third kappa shape index (κ3) is 8.14. The van der Waals surface area contributed by atoms with Crippen LogP contribution in [0.1, 0.15) is 45.6 Å². The summed E-state index contributed by atoms with van der Waals surface area (Å²) in [6.07, 6.45) is 2.01. The smallest absolute Gasteiger partial charge is 0.412 e. The zero-order valence-electron chi connectivity index (χ0n) is 16.7. The van der Waals surface area contributed by atoms with Gasteiger partial charge in [-0.1, -0.05) is 6.07 Å². The van der Waals surface area contributed by atoms with E-state index in [-0.39, 0.29) is 19.3 Å². The number of ether oxygens (including phenoxy) is 4. The maximum atomic E-state index is 12.1. The Morgan fingerprint density at radius 3 is 2.68 bits per heavy atom. The number of carboxylic acid groups (broad SMARTS) is 1. The number of carbonyl (C=O) groups is 2. The van der Waals surface area contributed by atoms with E-state index >= 15 is 0 Å². The second-order valence-electron chi connectivity index (χ2n) is 7.54. The van der Waals surface area contributed by atoms with E-state index < -0.39 is 17.7 Å². The van der Waals surface area contributed by atoms with Crippen LogP contribution in [-0.4, -0.2) is 48.9 Å². The molecule has 0 aliphatic carbocycles. The Labute approximate surface area is 165 Å². The highest BCUT2D eigenvalue weighted by Gasteiger charge is 2.18. The minimum absolute atomic E-state index is 0.161. The minimum atomic E-state index is -0.960. The molecule has 28 heavy (non-hydrogen) atoms. The van der Waals surface area contributed by atoms with Gasteiger partial charge in [0.05, 0.1) is 18.7 Å². The average molecular weight is 395 g/mol. The van der Waals surface area contributed by atoms with E-state index in [2.05, 4.69) is 5.32 Å². The summed E-state index contributed by atoms with van der Waals surface area (Å²) in [5.74, 6) is -0.550. The Bertz CT molecular complexity index is 663. The van der Waals surface area contributed by atoms with Gasteiger partial charge in [0, 0.05) is 6.61 Å². The standard InChI is InChI=1S/C20H29NO7/c1-20(2,3)28-19(24)21-15-12-14(13-17(22)23)7-8-16(15)25-10-11-27-18-6-4-5-9-26-18/h7-8,12,18H,4-6,9-11,13H2,1-3H3,(H,21,24)(H,22,23)/t18-/m1/s1. The van der Waals surface area contributed by atoms with Crippen LogP contribution in [0.25, 0.3) is 0 Å². The largest absolute Gasteiger partial charge is 0.489 e. The van der Waals surface area contributed by atoms with Crippen molar-refractivity contribution in [1.82, 2.24) is 0 Å². The van der Waals surface area contributed by atoms with E-state index in [4.69, 9.17) is 24.1 Å². The fourth-order valence-corrected chi connectivity index (χ4v) is 2.67. The maximum absolute atomic E-state index is 12.1. The fourth-order valence-electron chi connectivity index (χ4n) is 2.67. The van der Waals surface area contributed by atoms with Crippen molar-refractivity contribution >= 4 is 17.7 Å². The summed E-state index contributed by atoms with van der Waals surface area (Å²) in [4.78, 5) is 23.1. The van der Waals surface area contributed by atoms with Crippen molar-refractivity contribution in [3.05, 3.63) is 23.8 Å². The van der Waals surface area contributed by atoms with Gasteiger partial charge in [-0.05, 0) is 57.7 Å². The topological polar surface area (TPSA) is 103 Å². The zero-order valence-corrected chi connectivity index (χ0v) is 16.7. The fraction of sp³-hybridized carbons (Fsp3) is 0.600. The summed E-state index contributed by atoms with van der Waals surface area (Å²) in [5, 5.41) is 11.6. The van der Waals surface area contributed by atoms with E-state index in [1.165, 1.54) is 0 Å². The molecule has 1 fully saturated rings. The Balaban J connectivity index is 1.97. The molecular formula is C20H29NO7. The van der Waals surface area contributed by atoms with Crippen molar-refractivity contribution in [3.63, 3.8) is 0 Å². The van der Waals surface area contributed by atoms with Gasteiger partial charge in [0.1, 0.15) is 18.0 Å². The van der Waals surface area contributed by atoms with Crippen molar-refractivity contribution < 1.29 is 33.6 Å². The summed E-state index contributed by atoms with van der Waals surface area (Å²) < 4.78 is 22.1. The second-order valence-corrected chi connectivity index (χ2v) is 7.54. The number of nitrogens with one attached hydrogen (secondary N) is 1. The first-order valence-corrected chi connectivity index (χ1v) is 9.44. The molecule has 2 N–H and O–H groups in total. The lowest BCUT2D eigenvalue weighted by Gasteiger charge is -2.23. The molecule has 1 saturated heterocycles. The van der Waals surface area contributed by atoms with Crippen LogP contribution >= 0.6 is 0 Å². The van der Waals surface area contributed by atoms with Crippen LogP contribution in [0, 0.1) is 0 Å². The van der Waals surface area contributed by atoms with E-state index in [1.54, 1.807) is 39.0 Å². The van der Waals surface area contributed by atoms with Gasteiger partial charge in [-0.2, -0.15) is 0 Å². The Kier molecular flexibility index (Phi) is 8.07. The third-order valence-corrected chi connectivity index (χ3v) is 3.82. The van der Waals surface area contributed by atoms with Gasteiger partial charge in [-0.15, -0.1) is 0 Å². The van der Waals surface area contributed by atoms with Crippen molar-refractivity contribution in [2.45, 2.75) is 58.3 Å². The molecule has 156 valence electrons. The number of carbonyl (C=O) groups excluding carboxylic acids is 1. The first-order chi connectivity index (χ1) is 13.2. The van der Waals surface area contributed by atoms with Crippen molar-refractivity contribution in [1.29, 1.82) is 0 Å². The first-order valence-electron chi connectivity index (χ1n) is 9.44. The molecule has 2 rings (SSSR count). The second kappa shape index (κ2) is 10.3. The molecule has 1 aliphatic heterocycles. The predicted octanol–water partition coefficient (Wildman–Crippen LogP) is 3.58. The van der Waals surface area contributed by atoms with Gasteiger partial charge in [-0.3, -0.25) is 10.1 Å². The number of anilines is 1. The molecule has 8 heteroatoms. The minimum Gasteiger partial charge on any atom is -0.489 e. The van der Waals surface area contributed by atoms with Gasteiger partial charge in [0.15, 0.2) is 6.29 Å². The predicted molar refractivity (Wildman–Crippen MR) is 103 cm³/mol. The Morgan fingerprint density at radius 2 is 2.04 bits per heavy atom. The molecule has 1 amide bonds. The molecule has 0 spiro atoms. The van der Waals surface area contributed by atoms with Crippen molar-refractivity contribution in [2.24, 2.45) is 0 Å². The first kappa shape index (κ1) is 22.0. The van der Waals surface area contributed by atoms with Crippen molar-refractivity contribution in [2.75, 3.05) is 25.1 Å². The number of hydrogen-bond acceptors (Lipinski definition) is 6. The molecular weight excluding hydrogens is 366 g/mol. The molecule has 0 bridgehead atoms. The Hall–Kier alpha value is -2.32. The van der Waals surface area contributed by atoms with Crippen LogP contribution in [0.3, 0.4) is 0 Å². The molecule has 0 aromatic heterocycles. The molecule has 0 unspecified atom stereocenters. The quantitative estimate of drug-likeness (QED) is 0.648. The zero-order chi connectivity index (χ0) is 20.6. The van der Waals surface area contributed by atoms with Crippen LogP contribution in [-0.2, 0) is 25.4 Å². The number of benzene rings is 1. The summed E-state index contributed by atoms with van der Waals surface area (Å²) in [5.41, 5.74) is 0.233. The van der Waals surface area contributed by atoms with Gasteiger partial charge in [-0.25, -0.2) is 4.79 Å². The molecule has 1 atom stereocenters. The molecule has 0 saturated carbocycles. The lowest BCUT2D eigenvalue weighted by Crippen LogP contribution is -2.27. The normalized spacial score (nSPS) is 17.0. The number of carboxylic acids is 1. The lowest BCUT2D eigenvalue weighted by atomic mass is 10.1. The monoisotopic (exact) mass is 395 g/mol. The summed E-state index contributed by atoms with van der Waals surface area (Å²) in [6, 6.07) is 4.84. The highest BCUT2D eigenvalue weighted by atomic mass is 16.7. The molecule has 1 heterocycles. The summed E-state index contributed by atoms with van der Waals surface area (Å²) in [6.45, 7) is 6.59. The number of aliphatic carboxylic acids is 1. The third-order valence-electron chi connectivity index (χ3n) is 3.82. The van der Waals surface area contributed by atoms with Gasteiger partial charge < -0.3 is 24.1 Å². The summed E-state index contributed by atoms with van der Waals surface area (Å²) >= 11 is 0. The van der Waals surface area contributed by atoms with Crippen LogP contribution in [0.5, 0.6) is 5.75 Å². The van der Waals surface area contributed by atoms with E-state index in [0.29, 0.717) is 30.2 Å². The molecule has 1 aromatic rings. The maximum Gasteiger partial charge on any atom is 0.412 e. The number of rotatable bonds is 8. The van der Waals surface area contributed by atoms with Gasteiger partial charge in [0.2, 0.25) is 0 Å². The van der Waals surface area contributed by atoms with E-state index in [9.17, 15) is 9.59 Å². The SMILES string of the molecule is CC(C)(C)OC(=O)Nc1cc(CC(=O)O)ccc1OCCO[C@@H]1CCCCO1. The molecule has 1 aromatic carbocycles. The summed E-state index contributed by atoms with van der Waals surface area (Å²) in [7, 11) is 0. The van der Waals surface area contributed by atoms with Crippen molar-refractivity contribution in [3.8, 4) is 5.75 Å². The lowest BCUT2D eigenvalue weighted by molar-refractivity contribution is -0.165. The number of hydrogen-bond donors (Lipinski definition) is 2.